The van der Waals surface area contributed by atoms with Crippen LogP contribution in [0, 0.1) is 0 Å². The minimum atomic E-state index is -3.23. The van der Waals surface area contributed by atoms with Gasteiger partial charge < -0.3 is 5.32 Å². The van der Waals surface area contributed by atoms with Gasteiger partial charge in [0.2, 0.25) is 5.91 Å². The van der Waals surface area contributed by atoms with Crippen molar-refractivity contribution in [2.45, 2.75) is 47.8 Å². The number of amides is 1. The molecule has 0 bridgehead atoms. The second-order valence-electron chi connectivity index (χ2n) is 6.28. The molecule has 146 valence electrons. The number of thioether (sulfide) groups is 1. The van der Waals surface area contributed by atoms with E-state index in [-0.39, 0.29) is 22.1 Å². The van der Waals surface area contributed by atoms with Crippen LogP contribution in [-0.4, -0.2) is 25.8 Å². The van der Waals surface area contributed by atoms with Gasteiger partial charge in [0, 0.05) is 16.2 Å². The Balaban J connectivity index is 2.09. The van der Waals surface area contributed by atoms with Gasteiger partial charge in [-0.15, -0.1) is 11.8 Å². The molecule has 0 saturated carbocycles. The quantitative estimate of drug-likeness (QED) is 0.612. The van der Waals surface area contributed by atoms with Crippen molar-refractivity contribution < 1.29 is 13.2 Å². The summed E-state index contributed by atoms with van der Waals surface area (Å²) in [6.45, 7) is 3.97. The Morgan fingerprint density at radius 1 is 1.04 bits per heavy atom. The SMILES string of the molecule is CCC(Sc1ccc(Cl)cc1)C(=O)NC(CC)c1ccc(S(C)(=O)=O)cc1. The lowest BCUT2D eigenvalue weighted by atomic mass is 10.0. The molecule has 0 aliphatic heterocycles. The maximum Gasteiger partial charge on any atom is 0.233 e. The van der Waals surface area contributed by atoms with E-state index in [1.54, 1.807) is 24.3 Å². The van der Waals surface area contributed by atoms with Crippen molar-refractivity contribution in [3.63, 3.8) is 0 Å². The van der Waals surface area contributed by atoms with Crippen LogP contribution in [0.15, 0.2) is 58.3 Å². The van der Waals surface area contributed by atoms with Crippen molar-refractivity contribution in [2.24, 2.45) is 0 Å². The molecule has 0 aliphatic carbocycles. The molecule has 0 heterocycles. The summed E-state index contributed by atoms with van der Waals surface area (Å²) < 4.78 is 23.2. The molecule has 0 fully saturated rings. The van der Waals surface area contributed by atoms with Crippen molar-refractivity contribution in [2.75, 3.05) is 6.26 Å². The van der Waals surface area contributed by atoms with Gasteiger partial charge >= 0.3 is 0 Å². The molecule has 0 radical (unpaired) electrons. The van der Waals surface area contributed by atoms with E-state index in [9.17, 15) is 13.2 Å². The zero-order valence-electron chi connectivity index (χ0n) is 15.6. The van der Waals surface area contributed by atoms with Crippen molar-refractivity contribution in [1.82, 2.24) is 5.32 Å². The Morgan fingerprint density at radius 2 is 1.63 bits per heavy atom. The Bertz CT molecular complexity index is 865. The maximum absolute atomic E-state index is 12.8. The van der Waals surface area contributed by atoms with Crippen molar-refractivity contribution in [3.05, 3.63) is 59.1 Å². The Morgan fingerprint density at radius 3 is 2.11 bits per heavy atom. The molecule has 2 aromatic rings. The zero-order chi connectivity index (χ0) is 20.0. The van der Waals surface area contributed by atoms with E-state index < -0.39 is 9.84 Å². The summed E-state index contributed by atoms with van der Waals surface area (Å²) in [7, 11) is -3.23. The van der Waals surface area contributed by atoms with Crippen LogP contribution in [0.5, 0.6) is 0 Å². The maximum atomic E-state index is 12.8. The Kier molecular flexibility index (Phi) is 7.77. The van der Waals surface area contributed by atoms with Gasteiger partial charge in [-0.05, 0) is 54.8 Å². The first-order valence-corrected chi connectivity index (χ1v) is 11.9. The molecule has 2 aromatic carbocycles. The van der Waals surface area contributed by atoms with Gasteiger partial charge in [0.15, 0.2) is 9.84 Å². The summed E-state index contributed by atoms with van der Waals surface area (Å²) >= 11 is 7.42. The first-order chi connectivity index (χ1) is 12.7. The van der Waals surface area contributed by atoms with Gasteiger partial charge in [-0.25, -0.2) is 8.42 Å². The molecule has 0 aromatic heterocycles. The van der Waals surface area contributed by atoms with E-state index in [1.165, 1.54) is 18.0 Å². The van der Waals surface area contributed by atoms with Crippen LogP contribution >= 0.6 is 23.4 Å². The molecular formula is C20H24ClNO3S2. The van der Waals surface area contributed by atoms with E-state index in [0.717, 1.165) is 10.5 Å². The third kappa shape index (κ3) is 6.26. The van der Waals surface area contributed by atoms with Crippen LogP contribution in [0.4, 0.5) is 0 Å². The first kappa shape index (κ1) is 21.8. The van der Waals surface area contributed by atoms with Crippen LogP contribution in [-0.2, 0) is 14.6 Å². The zero-order valence-corrected chi connectivity index (χ0v) is 18.0. The predicted octanol–water partition coefficient (Wildman–Crippen LogP) is 4.88. The molecular weight excluding hydrogens is 402 g/mol. The van der Waals surface area contributed by atoms with Crippen molar-refractivity contribution in [3.8, 4) is 0 Å². The van der Waals surface area contributed by atoms with Gasteiger partial charge in [0.05, 0.1) is 16.2 Å². The fourth-order valence-electron chi connectivity index (χ4n) is 2.63. The number of halogens is 1. The van der Waals surface area contributed by atoms with E-state index in [2.05, 4.69) is 5.32 Å². The van der Waals surface area contributed by atoms with Crippen LogP contribution in [0.25, 0.3) is 0 Å². The molecule has 0 spiro atoms. The van der Waals surface area contributed by atoms with E-state index in [1.807, 2.05) is 38.1 Å². The number of carbonyl (C=O) groups excluding carboxylic acids is 1. The van der Waals surface area contributed by atoms with Gasteiger partial charge in [0.1, 0.15) is 0 Å². The third-order valence-electron chi connectivity index (χ3n) is 4.19. The van der Waals surface area contributed by atoms with Gasteiger partial charge in [-0.1, -0.05) is 37.6 Å². The first-order valence-electron chi connectivity index (χ1n) is 8.77. The smallest absolute Gasteiger partial charge is 0.233 e. The molecule has 0 saturated heterocycles. The highest BCUT2D eigenvalue weighted by Gasteiger charge is 2.21. The fraction of sp³-hybridized carbons (Fsp3) is 0.350. The average Bonchev–Trinajstić information content (AvgIpc) is 2.64. The van der Waals surface area contributed by atoms with Crippen LogP contribution < -0.4 is 5.32 Å². The number of rotatable bonds is 8. The minimum absolute atomic E-state index is 0.0310. The normalized spacial score (nSPS) is 13.8. The Hall–Kier alpha value is -1.50. The van der Waals surface area contributed by atoms with Gasteiger partial charge in [-0.2, -0.15) is 0 Å². The molecule has 0 aliphatic rings. The molecule has 7 heteroatoms. The second kappa shape index (κ2) is 9.62. The van der Waals surface area contributed by atoms with Crippen LogP contribution in [0.2, 0.25) is 5.02 Å². The van der Waals surface area contributed by atoms with E-state index in [0.29, 0.717) is 17.9 Å². The van der Waals surface area contributed by atoms with E-state index in [4.69, 9.17) is 11.6 Å². The van der Waals surface area contributed by atoms with Crippen molar-refractivity contribution in [1.29, 1.82) is 0 Å². The number of hydrogen-bond acceptors (Lipinski definition) is 4. The topological polar surface area (TPSA) is 63.2 Å². The third-order valence-corrected chi connectivity index (χ3v) is 6.95. The molecule has 27 heavy (non-hydrogen) atoms. The highest BCUT2D eigenvalue weighted by Crippen LogP contribution is 2.28. The number of benzene rings is 2. The number of hydrogen-bond donors (Lipinski definition) is 1. The summed E-state index contributed by atoms with van der Waals surface area (Å²) in [5, 5.41) is 3.54. The fourth-order valence-corrected chi connectivity index (χ4v) is 4.35. The van der Waals surface area contributed by atoms with Gasteiger partial charge in [-0.3, -0.25) is 4.79 Å². The van der Waals surface area contributed by atoms with Gasteiger partial charge in [0.25, 0.3) is 0 Å². The molecule has 2 atom stereocenters. The monoisotopic (exact) mass is 425 g/mol. The number of carbonyl (C=O) groups is 1. The molecule has 4 nitrogen and oxygen atoms in total. The number of sulfone groups is 1. The summed E-state index contributed by atoms with van der Waals surface area (Å²) in [5.74, 6) is -0.0310. The van der Waals surface area contributed by atoms with Crippen molar-refractivity contribution >= 4 is 39.1 Å². The lowest BCUT2D eigenvalue weighted by molar-refractivity contribution is -0.121. The van der Waals surface area contributed by atoms with Crippen LogP contribution in [0.1, 0.15) is 38.3 Å². The highest BCUT2D eigenvalue weighted by molar-refractivity contribution is 8.00. The lowest BCUT2D eigenvalue weighted by Gasteiger charge is -2.21. The molecule has 1 N–H and O–H groups in total. The summed E-state index contributed by atoms with van der Waals surface area (Å²) in [6, 6.07) is 14.0. The standard InChI is InChI=1S/C20H24ClNO3S2/c1-4-18(14-6-12-17(13-7-14)27(3,24)25)22-20(23)19(5-2)26-16-10-8-15(21)9-11-16/h6-13,18-19H,4-5H2,1-3H3,(H,22,23). The predicted molar refractivity (Wildman–Crippen MR) is 112 cm³/mol. The largest absolute Gasteiger partial charge is 0.348 e. The molecule has 1 amide bonds. The molecule has 2 rings (SSSR count). The van der Waals surface area contributed by atoms with Crippen LogP contribution in [0.3, 0.4) is 0 Å². The number of nitrogens with one attached hydrogen (secondary N) is 1. The lowest BCUT2D eigenvalue weighted by Crippen LogP contribution is -2.35. The minimum Gasteiger partial charge on any atom is -0.348 e. The highest BCUT2D eigenvalue weighted by atomic mass is 35.5. The summed E-state index contributed by atoms with van der Waals surface area (Å²) in [6.07, 6.45) is 2.59. The average molecular weight is 426 g/mol. The Labute approximate surface area is 170 Å². The van der Waals surface area contributed by atoms with E-state index >= 15 is 0 Å². The summed E-state index contributed by atoms with van der Waals surface area (Å²) in [4.78, 5) is 14.0. The molecule has 2 unspecified atom stereocenters. The summed E-state index contributed by atoms with van der Waals surface area (Å²) in [5.41, 5.74) is 0.893. The second-order valence-corrected chi connectivity index (χ2v) is 10.0.